The molecule has 0 heterocycles. The summed E-state index contributed by atoms with van der Waals surface area (Å²) in [7, 11) is 0. The van der Waals surface area contributed by atoms with Gasteiger partial charge in [-0.15, -0.1) is 0 Å². The number of benzene rings is 2. The van der Waals surface area contributed by atoms with Gasteiger partial charge in [0.15, 0.2) is 0 Å². The quantitative estimate of drug-likeness (QED) is 0.354. The highest BCUT2D eigenvalue weighted by Gasteiger charge is 2.13. The number of anilines is 1. The van der Waals surface area contributed by atoms with Crippen LogP contribution >= 0.6 is 11.6 Å². The highest BCUT2D eigenvalue weighted by molar-refractivity contribution is 6.39. The predicted molar refractivity (Wildman–Crippen MR) is 103 cm³/mol. The van der Waals surface area contributed by atoms with Gasteiger partial charge in [0.1, 0.15) is 12.4 Å². The van der Waals surface area contributed by atoms with E-state index in [-0.39, 0.29) is 0 Å². The Balaban J connectivity index is 1.86. The second kappa shape index (κ2) is 9.39. The van der Waals surface area contributed by atoms with Gasteiger partial charge in [-0.05, 0) is 54.4 Å². The Morgan fingerprint density at radius 1 is 1.19 bits per heavy atom. The first-order valence-corrected chi connectivity index (χ1v) is 8.11. The van der Waals surface area contributed by atoms with Gasteiger partial charge in [-0.1, -0.05) is 30.3 Å². The van der Waals surface area contributed by atoms with E-state index in [4.69, 9.17) is 16.3 Å². The Kier molecular flexibility index (Phi) is 6.93. The molecule has 0 aromatic heterocycles. The summed E-state index contributed by atoms with van der Waals surface area (Å²) in [5.41, 5.74) is 4.21. The first-order valence-electron chi connectivity index (χ1n) is 7.74. The third kappa shape index (κ3) is 5.75. The average Bonchev–Trinajstić information content (AvgIpc) is 2.64. The van der Waals surface area contributed by atoms with Crippen LogP contribution in [0.25, 0.3) is 0 Å². The maximum atomic E-state index is 11.8. The number of hydrogen-bond acceptors (Lipinski definition) is 4. The lowest BCUT2D eigenvalue weighted by Gasteiger charge is -2.05. The maximum absolute atomic E-state index is 11.8. The topological polar surface area (TPSA) is 79.8 Å². The molecule has 0 saturated heterocycles. The molecule has 0 saturated carbocycles. The van der Waals surface area contributed by atoms with Gasteiger partial charge in [-0.25, -0.2) is 5.43 Å². The summed E-state index contributed by atoms with van der Waals surface area (Å²) in [5, 5.41) is 6.71. The summed E-state index contributed by atoms with van der Waals surface area (Å²) >= 11 is 5.98. The monoisotopic (exact) mass is 371 g/mol. The standard InChI is InChI=1S/C19H18ClN3O3/c1-3-10-26-16-8-5-14(6-9-16)12-21-23-19(25)18(24)22-15-7-4-13(2)17(20)11-15/h3-9,11-12H,1,10H2,2H3,(H,22,24)(H,23,25). The van der Waals surface area contributed by atoms with Gasteiger partial charge in [0.05, 0.1) is 6.21 Å². The zero-order valence-corrected chi connectivity index (χ0v) is 14.9. The van der Waals surface area contributed by atoms with Crippen LogP contribution in [0, 0.1) is 6.92 Å². The van der Waals surface area contributed by atoms with Crippen LogP contribution < -0.4 is 15.5 Å². The SMILES string of the molecule is C=CCOc1ccc(C=NNC(=O)C(=O)Nc2ccc(C)c(Cl)c2)cc1. The molecule has 0 unspecified atom stereocenters. The molecule has 0 aliphatic rings. The highest BCUT2D eigenvalue weighted by Crippen LogP contribution is 2.19. The van der Waals surface area contributed by atoms with Gasteiger partial charge in [0.25, 0.3) is 0 Å². The molecule has 0 aliphatic carbocycles. The summed E-state index contributed by atoms with van der Waals surface area (Å²) in [5.74, 6) is -1.03. The number of nitrogens with one attached hydrogen (secondary N) is 2. The fourth-order valence-corrected chi connectivity index (χ4v) is 2.06. The molecule has 0 fully saturated rings. The van der Waals surface area contributed by atoms with E-state index in [0.29, 0.717) is 23.1 Å². The number of ether oxygens (including phenoxy) is 1. The van der Waals surface area contributed by atoms with Crippen LogP contribution in [-0.4, -0.2) is 24.6 Å². The van der Waals surface area contributed by atoms with Gasteiger partial charge in [0.2, 0.25) is 0 Å². The Morgan fingerprint density at radius 2 is 1.92 bits per heavy atom. The molecular weight excluding hydrogens is 354 g/mol. The van der Waals surface area contributed by atoms with Crippen LogP contribution in [0.4, 0.5) is 5.69 Å². The molecular formula is C19H18ClN3O3. The molecule has 0 spiro atoms. The molecule has 6 nitrogen and oxygen atoms in total. The molecule has 2 aromatic rings. The summed E-state index contributed by atoms with van der Waals surface area (Å²) in [4.78, 5) is 23.6. The van der Waals surface area contributed by atoms with Gasteiger partial charge in [0, 0.05) is 10.7 Å². The van der Waals surface area contributed by atoms with Crippen molar-refractivity contribution >= 4 is 35.3 Å². The van der Waals surface area contributed by atoms with Gasteiger partial charge in [-0.2, -0.15) is 5.10 Å². The van der Waals surface area contributed by atoms with Gasteiger partial charge >= 0.3 is 11.8 Å². The van der Waals surface area contributed by atoms with Crippen molar-refractivity contribution in [1.82, 2.24) is 5.43 Å². The number of amides is 2. The Labute approximate surface area is 156 Å². The molecule has 26 heavy (non-hydrogen) atoms. The molecule has 2 amide bonds. The van der Waals surface area contributed by atoms with Crippen LogP contribution in [0.1, 0.15) is 11.1 Å². The minimum atomic E-state index is -0.885. The summed E-state index contributed by atoms with van der Waals surface area (Å²) < 4.78 is 5.36. The molecule has 2 aromatic carbocycles. The lowest BCUT2D eigenvalue weighted by Crippen LogP contribution is -2.32. The van der Waals surface area contributed by atoms with Crippen LogP contribution in [0.15, 0.2) is 60.2 Å². The van der Waals surface area contributed by atoms with Crippen molar-refractivity contribution in [3.05, 3.63) is 71.3 Å². The van der Waals surface area contributed by atoms with Crippen LogP contribution in [0.2, 0.25) is 5.02 Å². The molecule has 0 aliphatic heterocycles. The van der Waals surface area contributed by atoms with Gasteiger partial charge in [-0.3, -0.25) is 9.59 Å². The fraction of sp³-hybridized carbons (Fsp3) is 0.105. The largest absolute Gasteiger partial charge is 0.490 e. The van der Waals surface area contributed by atoms with E-state index in [1.165, 1.54) is 6.21 Å². The predicted octanol–water partition coefficient (Wildman–Crippen LogP) is 3.30. The molecule has 0 atom stereocenters. The third-order valence-corrected chi connectivity index (χ3v) is 3.67. The zero-order chi connectivity index (χ0) is 18.9. The molecule has 0 radical (unpaired) electrons. The van der Waals surface area contributed by atoms with Crippen molar-refractivity contribution in [2.75, 3.05) is 11.9 Å². The lowest BCUT2D eigenvalue weighted by atomic mass is 10.2. The lowest BCUT2D eigenvalue weighted by molar-refractivity contribution is -0.136. The minimum Gasteiger partial charge on any atom is -0.490 e. The minimum absolute atomic E-state index is 0.421. The Bertz CT molecular complexity index is 832. The van der Waals surface area contributed by atoms with E-state index in [2.05, 4.69) is 22.4 Å². The van der Waals surface area contributed by atoms with E-state index in [1.54, 1.807) is 48.5 Å². The molecule has 2 rings (SSSR count). The van der Waals surface area contributed by atoms with Crippen molar-refractivity contribution in [1.29, 1.82) is 0 Å². The zero-order valence-electron chi connectivity index (χ0n) is 14.2. The molecule has 7 heteroatoms. The number of hydrazone groups is 1. The maximum Gasteiger partial charge on any atom is 0.329 e. The molecule has 2 N–H and O–H groups in total. The second-order valence-electron chi connectivity index (χ2n) is 5.29. The average molecular weight is 372 g/mol. The van der Waals surface area contributed by atoms with Crippen molar-refractivity contribution < 1.29 is 14.3 Å². The van der Waals surface area contributed by atoms with Crippen molar-refractivity contribution in [2.45, 2.75) is 6.92 Å². The summed E-state index contributed by atoms with van der Waals surface area (Å²) in [6.45, 7) is 5.84. The molecule has 134 valence electrons. The van der Waals surface area contributed by atoms with Crippen molar-refractivity contribution in [2.24, 2.45) is 5.10 Å². The Hall–Kier alpha value is -3.12. The highest BCUT2D eigenvalue weighted by atomic mass is 35.5. The van der Waals surface area contributed by atoms with E-state index in [1.807, 2.05) is 6.92 Å². The number of halogens is 1. The van der Waals surface area contributed by atoms with Crippen molar-refractivity contribution in [3.63, 3.8) is 0 Å². The first-order chi connectivity index (χ1) is 12.5. The third-order valence-electron chi connectivity index (χ3n) is 3.26. The Morgan fingerprint density at radius 3 is 2.58 bits per heavy atom. The molecule has 0 bridgehead atoms. The van der Waals surface area contributed by atoms with E-state index >= 15 is 0 Å². The van der Waals surface area contributed by atoms with Crippen LogP contribution in [-0.2, 0) is 9.59 Å². The smallest absolute Gasteiger partial charge is 0.329 e. The second-order valence-corrected chi connectivity index (χ2v) is 5.69. The normalized spacial score (nSPS) is 10.4. The van der Waals surface area contributed by atoms with Crippen LogP contribution in [0.5, 0.6) is 5.75 Å². The van der Waals surface area contributed by atoms with Crippen LogP contribution in [0.3, 0.4) is 0 Å². The number of carbonyl (C=O) groups is 2. The number of nitrogens with zero attached hydrogens (tertiary/aromatic N) is 1. The number of aryl methyl sites for hydroxylation is 1. The fourth-order valence-electron chi connectivity index (χ4n) is 1.88. The summed E-state index contributed by atoms with van der Waals surface area (Å²) in [6.07, 6.45) is 3.08. The number of rotatable bonds is 6. The van der Waals surface area contributed by atoms with E-state index in [0.717, 1.165) is 11.1 Å². The summed E-state index contributed by atoms with van der Waals surface area (Å²) in [6, 6.07) is 12.0. The van der Waals surface area contributed by atoms with E-state index < -0.39 is 11.8 Å². The van der Waals surface area contributed by atoms with E-state index in [9.17, 15) is 9.59 Å². The number of carbonyl (C=O) groups excluding carboxylic acids is 2. The number of hydrogen-bond donors (Lipinski definition) is 2. The van der Waals surface area contributed by atoms with Gasteiger partial charge < -0.3 is 10.1 Å². The van der Waals surface area contributed by atoms with Crippen molar-refractivity contribution in [3.8, 4) is 5.75 Å². The first kappa shape index (κ1) is 19.2.